The lowest BCUT2D eigenvalue weighted by atomic mass is 10.1. The molecule has 0 aromatic heterocycles. The second-order valence-electron chi connectivity index (χ2n) is 4.60. The van der Waals surface area contributed by atoms with Crippen molar-refractivity contribution in [2.24, 2.45) is 5.73 Å². The number of nitrogens with two attached hydrogens (primary N) is 1. The zero-order valence-electron chi connectivity index (χ0n) is 11.7. The number of alkyl halides is 3. The third-order valence-electron chi connectivity index (χ3n) is 2.95. The average Bonchev–Trinajstić information content (AvgIpc) is 2.41. The molecule has 7 heteroatoms. The van der Waals surface area contributed by atoms with Gasteiger partial charge in [-0.05, 0) is 31.5 Å². The number of hydrogen-bond donors (Lipinski definition) is 1. The van der Waals surface area contributed by atoms with E-state index in [1.165, 1.54) is 4.90 Å². The standard InChI is InChI=1S/C14H18F4N2O/c1-2-8-20(9-4-7-19)13(21)10-5-3-6-11(12(10)15)14(16,17)18/h3,5-6H,2,4,7-9,19H2,1H3. The van der Waals surface area contributed by atoms with E-state index >= 15 is 0 Å². The molecule has 0 aliphatic carbocycles. The van der Waals surface area contributed by atoms with Crippen LogP contribution in [0.3, 0.4) is 0 Å². The van der Waals surface area contributed by atoms with E-state index in [2.05, 4.69) is 0 Å². The molecule has 0 saturated carbocycles. The SMILES string of the molecule is CCCN(CCCN)C(=O)c1cccc(C(F)(F)F)c1F. The molecule has 1 aromatic rings. The summed E-state index contributed by atoms with van der Waals surface area (Å²) in [6.45, 7) is 2.80. The fraction of sp³-hybridized carbons (Fsp3) is 0.500. The normalized spacial score (nSPS) is 11.5. The Kier molecular flexibility index (Phi) is 6.14. The minimum Gasteiger partial charge on any atom is -0.339 e. The molecule has 0 atom stereocenters. The van der Waals surface area contributed by atoms with E-state index in [0.29, 0.717) is 38.5 Å². The molecule has 3 nitrogen and oxygen atoms in total. The summed E-state index contributed by atoms with van der Waals surface area (Å²) in [5.41, 5.74) is 3.37. The molecule has 0 aliphatic rings. The predicted octanol–water partition coefficient (Wildman–Crippen LogP) is 3.05. The van der Waals surface area contributed by atoms with Crippen LogP contribution in [0.1, 0.15) is 35.7 Å². The van der Waals surface area contributed by atoms with Gasteiger partial charge in [0.05, 0.1) is 11.1 Å². The van der Waals surface area contributed by atoms with Gasteiger partial charge in [0.15, 0.2) is 0 Å². The van der Waals surface area contributed by atoms with Crippen LogP contribution in [-0.4, -0.2) is 30.4 Å². The number of amides is 1. The third-order valence-corrected chi connectivity index (χ3v) is 2.95. The second-order valence-corrected chi connectivity index (χ2v) is 4.60. The van der Waals surface area contributed by atoms with E-state index in [9.17, 15) is 22.4 Å². The lowest BCUT2D eigenvalue weighted by Gasteiger charge is -2.22. The first-order chi connectivity index (χ1) is 9.82. The summed E-state index contributed by atoms with van der Waals surface area (Å²) in [4.78, 5) is 13.5. The lowest BCUT2D eigenvalue weighted by Crippen LogP contribution is -2.34. The Balaban J connectivity index is 3.10. The highest BCUT2D eigenvalue weighted by atomic mass is 19.4. The highest BCUT2D eigenvalue weighted by molar-refractivity contribution is 5.94. The number of hydrogen-bond acceptors (Lipinski definition) is 2. The van der Waals surface area contributed by atoms with Gasteiger partial charge in [0.2, 0.25) is 0 Å². The Morgan fingerprint density at radius 2 is 1.95 bits per heavy atom. The minimum absolute atomic E-state index is 0.291. The van der Waals surface area contributed by atoms with Gasteiger partial charge in [-0.2, -0.15) is 13.2 Å². The molecule has 118 valence electrons. The summed E-state index contributed by atoms with van der Waals surface area (Å²) in [7, 11) is 0. The molecule has 0 spiro atoms. The van der Waals surface area contributed by atoms with Gasteiger partial charge in [-0.1, -0.05) is 13.0 Å². The summed E-state index contributed by atoms with van der Waals surface area (Å²) >= 11 is 0. The van der Waals surface area contributed by atoms with Crippen molar-refractivity contribution in [3.63, 3.8) is 0 Å². The van der Waals surface area contributed by atoms with Gasteiger partial charge >= 0.3 is 6.18 Å². The van der Waals surface area contributed by atoms with E-state index in [0.717, 1.165) is 12.1 Å². The first-order valence-corrected chi connectivity index (χ1v) is 6.68. The molecule has 21 heavy (non-hydrogen) atoms. The minimum atomic E-state index is -4.83. The summed E-state index contributed by atoms with van der Waals surface area (Å²) < 4.78 is 51.9. The molecule has 1 amide bonds. The van der Waals surface area contributed by atoms with Gasteiger partial charge in [-0.15, -0.1) is 0 Å². The molecule has 0 unspecified atom stereocenters. The quantitative estimate of drug-likeness (QED) is 0.821. The Labute approximate surface area is 120 Å². The molecular weight excluding hydrogens is 288 g/mol. The number of carbonyl (C=O) groups is 1. The first-order valence-electron chi connectivity index (χ1n) is 6.68. The fourth-order valence-corrected chi connectivity index (χ4v) is 1.95. The molecule has 1 aromatic carbocycles. The third kappa shape index (κ3) is 4.42. The lowest BCUT2D eigenvalue weighted by molar-refractivity contribution is -0.140. The molecule has 0 fully saturated rings. The van der Waals surface area contributed by atoms with Gasteiger partial charge in [0.25, 0.3) is 5.91 Å². The van der Waals surface area contributed by atoms with Crippen molar-refractivity contribution in [3.8, 4) is 0 Å². The molecule has 0 radical (unpaired) electrons. The Morgan fingerprint density at radius 1 is 1.29 bits per heavy atom. The number of rotatable bonds is 6. The maximum Gasteiger partial charge on any atom is 0.419 e. The van der Waals surface area contributed by atoms with Crippen molar-refractivity contribution in [1.82, 2.24) is 4.90 Å². The number of halogens is 4. The number of nitrogens with zero attached hydrogens (tertiary/aromatic N) is 1. The molecule has 0 aliphatic heterocycles. The zero-order valence-corrected chi connectivity index (χ0v) is 11.7. The van der Waals surface area contributed by atoms with Gasteiger partial charge in [0, 0.05) is 13.1 Å². The van der Waals surface area contributed by atoms with E-state index in [4.69, 9.17) is 5.73 Å². The highest BCUT2D eigenvalue weighted by Gasteiger charge is 2.36. The second kappa shape index (κ2) is 7.40. The number of carbonyl (C=O) groups excluding carboxylic acids is 1. The predicted molar refractivity (Wildman–Crippen MR) is 71.3 cm³/mol. The van der Waals surface area contributed by atoms with Crippen LogP contribution in [0.15, 0.2) is 18.2 Å². The average molecular weight is 306 g/mol. The van der Waals surface area contributed by atoms with Crippen LogP contribution in [0, 0.1) is 5.82 Å². The van der Waals surface area contributed by atoms with E-state index < -0.39 is 29.0 Å². The molecule has 1 rings (SSSR count). The molecule has 0 heterocycles. The zero-order chi connectivity index (χ0) is 16.0. The largest absolute Gasteiger partial charge is 0.419 e. The molecular formula is C14H18F4N2O. The summed E-state index contributed by atoms with van der Waals surface area (Å²) in [6, 6.07) is 2.72. The monoisotopic (exact) mass is 306 g/mol. The first kappa shape index (κ1) is 17.4. The maximum atomic E-state index is 13.9. The van der Waals surface area contributed by atoms with Gasteiger partial charge in [-0.25, -0.2) is 4.39 Å². The Hall–Kier alpha value is -1.63. The Bertz CT molecular complexity index is 488. The van der Waals surface area contributed by atoms with Crippen LogP contribution < -0.4 is 5.73 Å². The van der Waals surface area contributed by atoms with Crippen LogP contribution in [-0.2, 0) is 6.18 Å². The molecule has 2 N–H and O–H groups in total. The highest BCUT2D eigenvalue weighted by Crippen LogP contribution is 2.32. The van der Waals surface area contributed by atoms with Crippen molar-refractivity contribution in [2.75, 3.05) is 19.6 Å². The summed E-state index contributed by atoms with van der Waals surface area (Å²) in [5, 5.41) is 0. The van der Waals surface area contributed by atoms with Crippen molar-refractivity contribution in [1.29, 1.82) is 0 Å². The van der Waals surface area contributed by atoms with Gasteiger partial charge in [-0.3, -0.25) is 4.79 Å². The van der Waals surface area contributed by atoms with Crippen LogP contribution >= 0.6 is 0 Å². The number of benzene rings is 1. The van der Waals surface area contributed by atoms with Crippen molar-refractivity contribution >= 4 is 5.91 Å². The maximum absolute atomic E-state index is 13.9. The molecule has 0 saturated heterocycles. The summed E-state index contributed by atoms with van der Waals surface area (Å²) in [5.74, 6) is -2.27. The van der Waals surface area contributed by atoms with Crippen LogP contribution in [0.25, 0.3) is 0 Å². The smallest absolute Gasteiger partial charge is 0.339 e. The van der Waals surface area contributed by atoms with E-state index in [1.54, 1.807) is 0 Å². The van der Waals surface area contributed by atoms with Crippen LogP contribution in [0.5, 0.6) is 0 Å². The van der Waals surface area contributed by atoms with Crippen LogP contribution in [0.4, 0.5) is 17.6 Å². The fourth-order valence-electron chi connectivity index (χ4n) is 1.95. The summed E-state index contributed by atoms with van der Waals surface area (Å²) in [6.07, 6.45) is -3.70. The Morgan fingerprint density at radius 3 is 2.48 bits per heavy atom. The van der Waals surface area contributed by atoms with E-state index in [1.807, 2.05) is 6.92 Å². The van der Waals surface area contributed by atoms with Crippen molar-refractivity contribution in [2.45, 2.75) is 25.9 Å². The van der Waals surface area contributed by atoms with Gasteiger partial charge < -0.3 is 10.6 Å². The van der Waals surface area contributed by atoms with E-state index in [-0.39, 0.29) is 0 Å². The van der Waals surface area contributed by atoms with Crippen molar-refractivity contribution in [3.05, 3.63) is 35.1 Å². The van der Waals surface area contributed by atoms with Crippen LogP contribution in [0.2, 0.25) is 0 Å². The molecule has 0 bridgehead atoms. The van der Waals surface area contributed by atoms with Gasteiger partial charge in [0.1, 0.15) is 5.82 Å². The topological polar surface area (TPSA) is 46.3 Å². The van der Waals surface area contributed by atoms with Crippen molar-refractivity contribution < 1.29 is 22.4 Å².